The fourth-order valence-corrected chi connectivity index (χ4v) is 4.42. The van der Waals surface area contributed by atoms with Gasteiger partial charge in [-0.05, 0) is 49.1 Å². The molecule has 0 aliphatic heterocycles. The van der Waals surface area contributed by atoms with E-state index in [0.717, 1.165) is 17.5 Å². The van der Waals surface area contributed by atoms with Gasteiger partial charge in [-0.1, -0.05) is 67.4 Å². The van der Waals surface area contributed by atoms with Gasteiger partial charge in [-0.3, -0.25) is 9.59 Å². The number of nitrogens with one attached hydrogen (secondary N) is 1. The molecule has 2 aromatic carbocycles. The highest BCUT2D eigenvalue weighted by molar-refractivity contribution is 7.99. The summed E-state index contributed by atoms with van der Waals surface area (Å²) < 4.78 is 0. The van der Waals surface area contributed by atoms with Crippen LogP contribution in [0.15, 0.2) is 48.5 Å². The molecule has 31 heavy (non-hydrogen) atoms. The smallest absolute Gasteiger partial charge is 0.243 e. The normalized spacial score (nSPS) is 12.8. The highest BCUT2D eigenvalue weighted by Crippen LogP contribution is 2.22. The lowest BCUT2D eigenvalue weighted by molar-refractivity contribution is -0.139. The second kappa shape index (κ2) is 13.0. The number of nitrogens with zero attached hydrogens (tertiary/aromatic N) is 1. The standard InChI is InChI=1S/C24H30Cl2N2O2S/c1-4-17(3)27-24(30)22(5-2)28(14-18-10-12-20(25)13-11-18)23(29)16-31-15-19-8-6-7-9-21(19)26/h6-13,17,22H,4-5,14-16H2,1-3H3,(H,27,30)/t17-,22-/m0/s1. The van der Waals surface area contributed by atoms with E-state index in [1.165, 1.54) is 11.8 Å². The van der Waals surface area contributed by atoms with Crippen LogP contribution in [-0.2, 0) is 21.9 Å². The Labute approximate surface area is 199 Å². The molecule has 0 spiro atoms. The van der Waals surface area contributed by atoms with Gasteiger partial charge in [-0.2, -0.15) is 0 Å². The van der Waals surface area contributed by atoms with Crippen LogP contribution in [0.4, 0.5) is 0 Å². The zero-order valence-electron chi connectivity index (χ0n) is 18.2. The van der Waals surface area contributed by atoms with Gasteiger partial charge in [-0.15, -0.1) is 11.8 Å². The third kappa shape index (κ3) is 8.06. The summed E-state index contributed by atoms with van der Waals surface area (Å²) in [6.07, 6.45) is 1.37. The molecule has 0 aliphatic rings. The van der Waals surface area contributed by atoms with E-state index in [4.69, 9.17) is 23.2 Å². The molecule has 0 aromatic heterocycles. The van der Waals surface area contributed by atoms with Crippen LogP contribution >= 0.6 is 35.0 Å². The van der Waals surface area contributed by atoms with E-state index in [2.05, 4.69) is 5.32 Å². The highest BCUT2D eigenvalue weighted by Gasteiger charge is 2.29. The molecule has 0 unspecified atom stereocenters. The monoisotopic (exact) mass is 480 g/mol. The first kappa shape index (κ1) is 25.6. The summed E-state index contributed by atoms with van der Waals surface area (Å²) in [5.74, 6) is 0.718. The van der Waals surface area contributed by atoms with Crippen LogP contribution in [0.3, 0.4) is 0 Å². The van der Waals surface area contributed by atoms with Crippen molar-refractivity contribution in [1.29, 1.82) is 0 Å². The number of thioether (sulfide) groups is 1. The number of carbonyl (C=O) groups is 2. The minimum absolute atomic E-state index is 0.0589. The van der Waals surface area contributed by atoms with E-state index in [9.17, 15) is 9.59 Å². The van der Waals surface area contributed by atoms with Crippen LogP contribution in [0.2, 0.25) is 10.0 Å². The summed E-state index contributed by atoms with van der Waals surface area (Å²) >= 11 is 13.7. The highest BCUT2D eigenvalue weighted by atomic mass is 35.5. The first-order valence-corrected chi connectivity index (χ1v) is 12.4. The van der Waals surface area contributed by atoms with Gasteiger partial charge in [0.1, 0.15) is 6.04 Å². The Hall–Kier alpha value is -1.69. The van der Waals surface area contributed by atoms with Gasteiger partial charge >= 0.3 is 0 Å². The molecule has 2 aromatic rings. The number of hydrogen-bond donors (Lipinski definition) is 1. The van der Waals surface area contributed by atoms with Gasteiger partial charge in [0, 0.05) is 28.4 Å². The lowest BCUT2D eigenvalue weighted by Gasteiger charge is -2.31. The molecule has 0 heterocycles. The molecule has 2 rings (SSSR count). The molecule has 1 N–H and O–H groups in total. The molecule has 0 saturated heterocycles. The Morgan fingerprint density at radius 3 is 2.32 bits per heavy atom. The number of amides is 2. The van der Waals surface area contributed by atoms with Crippen molar-refractivity contribution in [2.75, 3.05) is 5.75 Å². The van der Waals surface area contributed by atoms with Crippen molar-refractivity contribution in [2.45, 2.75) is 58.0 Å². The summed E-state index contributed by atoms with van der Waals surface area (Å²) in [5.41, 5.74) is 1.93. The van der Waals surface area contributed by atoms with Crippen LogP contribution in [0.1, 0.15) is 44.7 Å². The van der Waals surface area contributed by atoms with Crippen LogP contribution in [0.25, 0.3) is 0 Å². The molecular formula is C24H30Cl2N2O2S. The molecule has 7 heteroatoms. The van der Waals surface area contributed by atoms with Gasteiger partial charge in [-0.25, -0.2) is 0 Å². The molecule has 0 saturated carbocycles. The zero-order chi connectivity index (χ0) is 22.8. The summed E-state index contributed by atoms with van der Waals surface area (Å²) in [4.78, 5) is 27.8. The zero-order valence-corrected chi connectivity index (χ0v) is 20.6. The van der Waals surface area contributed by atoms with E-state index in [1.807, 2.05) is 57.2 Å². The number of hydrogen-bond acceptors (Lipinski definition) is 3. The molecule has 0 fully saturated rings. The fourth-order valence-electron chi connectivity index (χ4n) is 3.09. The van der Waals surface area contributed by atoms with Crippen molar-refractivity contribution in [3.05, 3.63) is 69.7 Å². The molecule has 2 atom stereocenters. The van der Waals surface area contributed by atoms with Gasteiger partial charge in [0.05, 0.1) is 5.75 Å². The second-order valence-corrected chi connectivity index (χ2v) is 9.30. The molecule has 2 amide bonds. The summed E-state index contributed by atoms with van der Waals surface area (Å²) in [6, 6.07) is 14.5. The van der Waals surface area contributed by atoms with E-state index in [0.29, 0.717) is 28.8 Å². The van der Waals surface area contributed by atoms with Crippen LogP contribution in [-0.4, -0.2) is 34.6 Å². The number of carbonyl (C=O) groups excluding carboxylic acids is 2. The van der Waals surface area contributed by atoms with Crippen LogP contribution < -0.4 is 5.32 Å². The Morgan fingerprint density at radius 2 is 1.71 bits per heavy atom. The predicted octanol–water partition coefficient (Wildman–Crippen LogP) is 5.95. The van der Waals surface area contributed by atoms with Crippen molar-refractivity contribution >= 4 is 46.8 Å². The van der Waals surface area contributed by atoms with Gasteiger partial charge in [0.2, 0.25) is 11.8 Å². The lowest BCUT2D eigenvalue weighted by atomic mass is 10.1. The number of benzene rings is 2. The summed E-state index contributed by atoms with van der Waals surface area (Å²) in [6.45, 7) is 6.28. The van der Waals surface area contributed by atoms with Gasteiger partial charge < -0.3 is 10.2 Å². The Balaban J connectivity index is 2.14. The van der Waals surface area contributed by atoms with E-state index >= 15 is 0 Å². The maximum atomic E-state index is 13.2. The molecule has 168 valence electrons. The third-order valence-electron chi connectivity index (χ3n) is 5.09. The minimum atomic E-state index is -0.530. The van der Waals surface area contributed by atoms with E-state index in [1.54, 1.807) is 17.0 Å². The summed E-state index contributed by atoms with van der Waals surface area (Å²) in [5, 5.41) is 4.35. The Bertz CT molecular complexity index is 861. The molecular weight excluding hydrogens is 451 g/mol. The van der Waals surface area contributed by atoms with Crippen molar-refractivity contribution in [3.8, 4) is 0 Å². The van der Waals surface area contributed by atoms with Crippen molar-refractivity contribution in [2.24, 2.45) is 0 Å². The van der Waals surface area contributed by atoms with Crippen LogP contribution in [0.5, 0.6) is 0 Å². The van der Waals surface area contributed by atoms with Gasteiger partial charge in [0.25, 0.3) is 0 Å². The van der Waals surface area contributed by atoms with Crippen molar-refractivity contribution < 1.29 is 9.59 Å². The number of rotatable bonds is 11. The van der Waals surface area contributed by atoms with Crippen molar-refractivity contribution in [3.63, 3.8) is 0 Å². The summed E-state index contributed by atoms with van der Waals surface area (Å²) in [7, 11) is 0. The average molecular weight is 481 g/mol. The first-order valence-electron chi connectivity index (χ1n) is 10.5. The first-order chi connectivity index (χ1) is 14.8. The molecule has 0 bridgehead atoms. The third-order valence-corrected chi connectivity index (χ3v) is 6.68. The Morgan fingerprint density at radius 1 is 1.03 bits per heavy atom. The maximum absolute atomic E-state index is 13.2. The lowest BCUT2D eigenvalue weighted by Crippen LogP contribution is -2.51. The van der Waals surface area contributed by atoms with E-state index < -0.39 is 6.04 Å². The fraction of sp³-hybridized carbons (Fsp3) is 0.417. The maximum Gasteiger partial charge on any atom is 0.243 e. The predicted molar refractivity (Wildman–Crippen MR) is 132 cm³/mol. The Kier molecular flexibility index (Phi) is 10.7. The molecule has 0 radical (unpaired) electrons. The van der Waals surface area contributed by atoms with E-state index in [-0.39, 0.29) is 23.6 Å². The SMILES string of the molecule is CC[C@H](C)NC(=O)[C@H](CC)N(Cc1ccc(Cl)cc1)C(=O)CSCc1ccccc1Cl. The molecule has 0 aliphatic carbocycles. The average Bonchev–Trinajstić information content (AvgIpc) is 2.76. The van der Waals surface area contributed by atoms with Crippen molar-refractivity contribution in [1.82, 2.24) is 10.2 Å². The number of halogens is 2. The molecule has 4 nitrogen and oxygen atoms in total. The second-order valence-electron chi connectivity index (χ2n) is 7.47. The quantitative estimate of drug-likeness (QED) is 0.432. The topological polar surface area (TPSA) is 49.4 Å². The van der Waals surface area contributed by atoms with Crippen LogP contribution in [0, 0.1) is 0 Å². The van der Waals surface area contributed by atoms with Gasteiger partial charge in [0.15, 0.2) is 0 Å². The largest absolute Gasteiger partial charge is 0.352 e. The minimum Gasteiger partial charge on any atom is -0.352 e.